The number of carbonyl (C=O) groups excluding carboxylic acids is 1. The van der Waals surface area contributed by atoms with Crippen LogP contribution in [0.15, 0.2) is 0 Å². The Morgan fingerprint density at radius 1 is 1.40 bits per heavy atom. The predicted molar refractivity (Wildman–Crippen MR) is 67.5 cm³/mol. The molecule has 1 unspecified atom stereocenters. The van der Waals surface area contributed by atoms with Crippen molar-refractivity contribution in [2.45, 2.75) is 33.6 Å². The molecule has 92 valence electrons. The largest absolute Gasteiger partial charge is 0.343 e. The lowest BCUT2D eigenvalue weighted by Crippen LogP contribution is -2.38. The summed E-state index contributed by atoms with van der Waals surface area (Å²) in [6, 6.07) is 0. The molecule has 0 saturated heterocycles. The highest BCUT2D eigenvalue weighted by molar-refractivity contribution is 5.85. The van der Waals surface area contributed by atoms with E-state index >= 15 is 0 Å². The summed E-state index contributed by atoms with van der Waals surface area (Å²) in [6.07, 6.45) is 2.25. The minimum Gasteiger partial charge on any atom is -0.343 e. The number of nitrogens with zero attached hydrogens (tertiary/aromatic N) is 1. The molecule has 0 saturated carbocycles. The molecule has 15 heavy (non-hydrogen) atoms. The maximum absolute atomic E-state index is 11.9. The van der Waals surface area contributed by atoms with Crippen LogP contribution in [0.4, 0.5) is 0 Å². The van der Waals surface area contributed by atoms with Crippen molar-refractivity contribution in [3.8, 4) is 0 Å². The first-order chi connectivity index (χ1) is 6.67. The van der Waals surface area contributed by atoms with Gasteiger partial charge in [0.05, 0.1) is 0 Å². The van der Waals surface area contributed by atoms with Crippen LogP contribution in [0.3, 0.4) is 0 Å². The van der Waals surface area contributed by atoms with Crippen molar-refractivity contribution >= 4 is 18.3 Å². The Kier molecular flexibility index (Phi) is 11.7. The quantitative estimate of drug-likeness (QED) is 0.733. The standard InChI is InChI=1S/C11H24N2O.ClH/c1-5-7-8-13(6-2)11(14)10(3)9-12-4;/h10,12H,5-9H2,1-4H3;1H. The van der Waals surface area contributed by atoms with Gasteiger partial charge in [0.1, 0.15) is 0 Å². The van der Waals surface area contributed by atoms with Crippen molar-refractivity contribution in [2.24, 2.45) is 5.92 Å². The van der Waals surface area contributed by atoms with Gasteiger partial charge in [0, 0.05) is 25.6 Å². The summed E-state index contributed by atoms with van der Waals surface area (Å²) < 4.78 is 0. The lowest BCUT2D eigenvalue weighted by molar-refractivity contribution is -0.134. The van der Waals surface area contributed by atoms with Crippen LogP contribution in [0.1, 0.15) is 33.6 Å². The van der Waals surface area contributed by atoms with Gasteiger partial charge in [0.15, 0.2) is 0 Å². The number of unbranched alkanes of at least 4 members (excludes halogenated alkanes) is 1. The molecule has 0 aliphatic rings. The van der Waals surface area contributed by atoms with Crippen molar-refractivity contribution in [2.75, 3.05) is 26.7 Å². The molecule has 0 aromatic carbocycles. The fraction of sp³-hybridized carbons (Fsp3) is 0.909. The van der Waals surface area contributed by atoms with Gasteiger partial charge in [-0.3, -0.25) is 4.79 Å². The van der Waals surface area contributed by atoms with Crippen molar-refractivity contribution < 1.29 is 4.79 Å². The number of amides is 1. The summed E-state index contributed by atoms with van der Waals surface area (Å²) in [6.45, 7) is 8.66. The van der Waals surface area contributed by atoms with Gasteiger partial charge >= 0.3 is 0 Å². The van der Waals surface area contributed by atoms with Crippen molar-refractivity contribution in [1.29, 1.82) is 0 Å². The Hall–Kier alpha value is -0.280. The lowest BCUT2D eigenvalue weighted by Gasteiger charge is -2.24. The summed E-state index contributed by atoms with van der Waals surface area (Å²) in [5.41, 5.74) is 0. The molecular weight excluding hydrogens is 212 g/mol. The Labute approximate surface area is 100 Å². The Morgan fingerprint density at radius 2 is 2.00 bits per heavy atom. The Morgan fingerprint density at radius 3 is 2.40 bits per heavy atom. The SMILES string of the molecule is CCCCN(CC)C(=O)C(C)CNC.Cl. The fourth-order valence-electron chi connectivity index (χ4n) is 1.48. The van der Waals surface area contributed by atoms with E-state index in [-0.39, 0.29) is 24.2 Å². The first kappa shape index (κ1) is 17.1. The van der Waals surface area contributed by atoms with E-state index in [1.54, 1.807) is 0 Å². The molecule has 0 bridgehead atoms. The number of hydrogen-bond acceptors (Lipinski definition) is 2. The van der Waals surface area contributed by atoms with Crippen LogP contribution < -0.4 is 5.32 Å². The van der Waals surface area contributed by atoms with E-state index in [0.29, 0.717) is 0 Å². The summed E-state index contributed by atoms with van der Waals surface area (Å²) in [5, 5.41) is 3.04. The van der Waals surface area contributed by atoms with Crippen LogP contribution in [0, 0.1) is 5.92 Å². The zero-order valence-corrected chi connectivity index (χ0v) is 11.2. The van der Waals surface area contributed by atoms with Crippen LogP contribution in [-0.2, 0) is 4.79 Å². The van der Waals surface area contributed by atoms with Crippen LogP contribution in [-0.4, -0.2) is 37.5 Å². The molecule has 1 N–H and O–H groups in total. The molecule has 0 rings (SSSR count). The lowest BCUT2D eigenvalue weighted by atomic mass is 10.1. The van der Waals surface area contributed by atoms with Crippen molar-refractivity contribution in [3.63, 3.8) is 0 Å². The van der Waals surface area contributed by atoms with Gasteiger partial charge in [-0.05, 0) is 20.4 Å². The molecule has 3 nitrogen and oxygen atoms in total. The van der Waals surface area contributed by atoms with E-state index < -0.39 is 0 Å². The summed E-state index contributed by atoms with van der Waals surface area (Å²) >= 11 is 0. The molecule has 1 atom stereocenters. The van der Waals surface area contributed by atoms with E-state index in [4.69, 9.17) is 0 Å². The van der Waals surface area contributed by atoms with Gasteiger partial charge in [-0.1, -0.05) is 20.3 Å². The molecular formula is C11H25ClN2O. The smallest absolute Gasteiger partial charge is 0.226 e. The fourth-order valence-corrected chi connectivity index (χ4v) is 1.48. The van der Waals surface area contributed by atoms with E-state index in [1.165, 1.54) is 0 Å². The third kappa shape index (κ3) is 6.74. The second-order valence-electron chi connectivity index (χ2n) is 3.73. The average molecular weight is 237 g/mol. The summed E-state index contributed by atoms with van der Waals surface area (Å²) in [4.78, 5) is 13.8. The highest BCUT2D eigenvalue weighted by Gasteiger charge is 2.17. The summed E-state index contributed by atoms with van der Waals surface area (Å²) in [7, 11) is 1.88. The molecule has 0 aromatic heterocycles. The van der Waals surface area contributed by atoms with E-state index in [1.807, 2.05) is 25.8 Å². The molecule has 0 heterocycles. The highest BCUT2D eigenvalue weighted by Crippen LogP contribution is 2.03. The third-order valence-electron chi connectivity index (χ3n) is 2.41. The Balaban J connectivity index is 0. The van der Waals surface area contributed by atoms with E-state index in [9.17, 15) is 4.79 Å². The number of halogens is 1. The average Bonchev–Trinajstić information content (AvgIpc) is 2.19. The Bertz CT molecular complexity index is 165. The zero-order chi connectivity index (χ0) is 11.0. The van der Waals surface area contributed by atoms with Crippen LogP contribution >= 0.6 is 12.4 Å². The molecule has 4 heteroatoms. The molecule has 0 radical (unpaired) electrons. The van der Waals surface area contributed by atoms with Crippen molar-refractivity contribution in [1.82, 2.24) is 10.2 Å². The summed E-state index contributed by atoms with van der Waals surface area (Å²) in [5.74, 6) is 0.368. The first-order valence-corrected chi connectivity index (χ1v) is 5.60. The maximum atomic E-state index is 11.9. The molecule has 0 fully saturated rings. The van der Waals surface area contributed by atoms with Gasteiger partial charge < -0.3 is 10.2 Å². The van der Waals surface area contributed by atoms with Crippen LogP contribution in [0.5, 0.6) is 0 Å². The van der Waals surface area contributed by atoms with Gasteiger partial charge in [-0.25, -0.2) is 0 Å². The third-order valence-corrected chi connectivity index (χ3v) is 2.41. The first-order valence-electron chi connectivity index (χ1n) is 5.60. The normalized spacial score (nSPS) is 11.7. The second-order valence-corrected chi connectivity index (χ2v) is 3.73. The van der Waals surface area contributed by atoms with Gasteiger partial charge in [-0.2, -0.15) is 0 Å². The number of hydrogen-bond donors (Lipinski definition) is 1. The van der Waals surface area contributed by atoms with Gasteiger partial charge in [0.2, 0.25) is 5.91 Å². The number of rotatable bonds is 7. The molecule has 1 amide bonds. The second kappa shape index (κ2) is 10.2. The van der Waals surface area contributed by atoms with E-state index in [0.717, 1.165) is 32.5 Å². The van der Waals surface area contributed by atoms with Gasteiger partial charge in [0.25, 0.3) is 0 Å². The number of carbonyl (C=O) groups is 1. The van der Waals surface area contributed by atoms with Gasteiger partial charge in [-0.15, -0.1) is 12.4 Å². The molecule has 0 spiro atoms. The van der Waals surface area contributed by atoms with Crippen molar-refractivity contribution in [3.05, 3.63) is 0 Å². The minimum atomic E-state index is 0. The minimum absolute atomic E-state index is 0. The monoisotopic (exact) mass is 236 g/mol. The number of nitrogens with one attached hydrogen (secondary N) is 1. The molecule has 0 aromatic rings. The molecule has 0 aliphatic heterocycles. The topological polar surface area (TPSA) is 32.3 Å². The highest BCUT2D eigenvalue weighted by atomic mass is 35.5. The van der Waals surface area contributed by atoms with Crippen LogP contribution in [0.25, 0.3) is 0 Å². The predicted octanol–water partition coefficient (Wildman–Crippen LogP) is 1.91. The van der Waals surface area contributed by atoms with E-state index in [2.05, 4.69) is 12.2 Å². The molecule has 0 aliphatic carbocycles. The zero-order valence-electron chi connectivity index (χ0n) is 10.4. The van der Waals surface area contributed by atoms with Crippen LogP contribution in [0.2, 0.25) is 0 Å². The maximum Gasteiger partial charge on any atom is 0.226 e.